The van der Waals surface area contributed by atoms with Gasteiger partial charge in [0.25, 0.3) is 0 Å². The van der Waals surface area contributed by atoms with E-state index < -0.39 is 0 Å². The molecule has 0 bridgehead atoms. The highest BCUT2D eigenvalue weighted by molar-refractivity contribution is 5.38. The van der Waals surface area contributed by atoms with Crippen LogP contribution in [0.15, 0.2) is 60.7 Å². The zero-order valence-electron chi connectivity index (χ0n) is 16.1. The van der Waals surface area contributed by atoms with Crippen molar-refractivity contribution in [2.75, 3.05) is 0 Å². The predicted octanol–water partition coefficient (Wildman–Crippen LogP) is 7.48. The minimum atomic E-state index is 0.220. The van der Waals surface area contributed by atoms with Crippen molar-refractivity contribution in [1.82, 2.24) is 0 Å². The largest absolute Gasteiger partial charge is 0.0917 e. The molecule has 0 aliphatic heterocycles. The van der Waals surface area contributed by atoms with Gasteiger partial charge in [0.05, 0.1) is 0 Å². The summed E-state index contributed by atoms with van der Waals surface area (Å²) in [7, 11) is 0. The lowest BCUT2D eigenvalue weighted by Gasteiger charge is -2.32. The fourth-order valence-electron chi connectivity index (χ4n) is 4.72. The van der Waals surface area contributed by atoms with Crippen molar-refractivity contribution >= 4 is 0 Å². The summed E-state index contributed by atoms with van der Waals surface area (Å²) in [4.78, 5) is 0. The van der Waals surface area contributed by atoms with Gasteiger partial charge in [0, 0.05) is 5.41 Å². The molecule has 0 aromatic heterocycles. The SMILES string of the molecule is C/C=C/CC[C@H]1CC[C@H](c2ccc(C3(CC)C=CC=CC3)cc2)CC1. The summed E-state index contributed by atoms with van der Waals surface area (Å²) in [5.74, 6) is 1.74. The summed E-state index contributed by atoms with van der Waals surface area (Å²) in [6, 6.07) is 9.65. The predicted molar refractivity (Wildman–Crippen MR) is 110 cm³/mol. The van der Waals surface area contributed by atoms with Gasteiger partial charge in [-0.1, -0.05) is 67.6 Å². The second-order valence-corrected chi connectivity index (χ2v) is 7.99. The van der Waals surface area contributed by atoms with Crippen molar-refractivity contribution in [1.29, 1.82) is 0 Å². The Hall–Kier alpha value is -1.56. The quantitative estimate of drug-likeness (QED) is 0.473. The molecule has 2 aliphatic carbocycles. The maximum absolute atomic E-state index is 2.42. The first-order valence-corrected chi connectivity index (χ1v) is 10.3. The lowest BCUT2D eigenvalue weighted by Crippen LogP contribution is -2.23. The van der Waals surface area contributed by atoms with Crippen LogP contribution in [-0.4, -0.2) is 0 Å². The molecule has 1 atom stereocenters. The first-order valence-electron chi connectivity index (χ1n) is 10.3. The minimum Gasteiger partial charge on any atom is -0.0917 e. The molecule has 0 amide bonds. The molecule has 3 rings (SSSR count). The standard InChI is InChI=1S/C25H34/c1-3-5-7-10-21-11-13-22(14-12-21)23-15-17-24(18-16-23)25(4-2)19-8-6-9-20-25/h3,5-6,8-9,15-19,21-22H,4,7,10-14,20H2,1-2H3/b5-3+/t21-,22-,25?. The van der Waals surface area contributed by atoms with E-state index in [1.807, 2.05) is 0 Å². The van der Waals surface area contributed by atoms with Crippen LogP contribution in [0.3, 0.4) is 0 Å². The molecule has 0 spiro atoms. The fourth-order valence-corrected chi connectivity index (χ4v) is 4.72. The van der Waals surface area contributed by atoms with Crippen molar-refractivity contribution < 1.29 is 0 Å². The molecule has 0 heteroatoms. The van der Waals surface area contributed by atoms with Crippen LogP contribution < -0.4 is 0 Å². The molecule has 25 heavy (non-hydrogen) atoms. The van der Waals surface area contributed by atoms with Crippen LogP contribution in [0.1, 0.15) is 82.3 Å². The lowest BCUT2D eigenvalue weighted by molar-refractivity contribution is 0.312. The Morgan fingerprint density at radius 3 is 2.40 bits per heavy atom. The van der Waals surface area contributed by atoms with Gasteiger partial charge in [-0.05, 0) is 81.3 Å². The van der Waals surface area contributed by atoms with Gasteiger partial charge in [-0.3, -0.25) is 0 Å². The summed E-state index contributed by atoms with van der Waals surface area (Å²) in [6.45, 7) is 4.44. The van der Waals surface area contributed by atoms with Crippen molar-refractivity contribution in [2.45, 2.75) is 76.5 Å². The Labute approximate surface area is 154 Å². The van der Waals surface area contributed by atoms with E-state index in [2.05, 4.69) is 74.6 Å². The monoisotopic (exact) mass is 334 g/mol. The first kappa shape index (κ1) is 18.2. The van der Waals surface area contributed by atoms with E-state index >= 15 is 0 Å². The molecule has 1 aromatic rings. The Balaban J connectivity index is 1.60. The molecule has 0 radical (unpaired) electrons. The van der Waals surface area contributed by atoms with Crippen LogP contribution in [0.4, 0.5) is 0 Å². The number of rotatable bonds is 6. The van der Waals surface area contributed by atoms with E-state index in [0.717, 1.165) is 18.3 Å². The average Bonchev–Trinajstić information content (AvgIpc) is 2.69. The maximum Gasteiger partial charge on any atom is 0.0167 e. The Bertz CT molecular complexity index is 608. The highest BCUT2D eigenvalue weighted by Gasteiger charge is 2.28. The summed E-state index contributed by atoms with van der Waals surface area (Å²) in [5, 5.41) is 0. The third-order valence-corrected chi connectivity index (χ3v) is 6.56. The van der Waals surface area contributed by atoms with Crippen LogP contribution in [0.2, 0.25) is 0 Å². The first-order chi connectivity index (χ1) is 12.3. The zero-order chi connectivity index (χ0) is 17.5. The van der Waals surface area contributed by atoms with Gasteiger partial charge in [0.2, 0.25) is 0 Å². The number of allylic oxidation sites excluding steroid dienone is 6. The van der Waals surface area contributed by atoms with Crippen LogP contribution in [-0.2, 0) is 5.41 Å². The van der Waals surface area contributed by atoms with Gasteiger partial charge in [0.15, 0.2) is 0 Å². The topological polar surface area (TPSA) is 0 Å². The van der Waals surface area contributed by atoms with E-state index in [1.54, 1.807) is 5.56 Å². The second kappa shape index (κ2) is 8.70. The Morgan fingerprint density at radius 2 is 1.80 bits per heavy atom. The number of hydrogen-bond donors (Lipinski definition) is 0. The van der Waals surface area contributed by atoms with E-state index in [4.69, 9.17) is 0 Å². The molecule has 0 saturated heterocycles. The smallest absolute Gasteiger partial charge is 0.0167 e. The second-order valence-electron chi connectivity index (χ2n) is 7.99. The molecule has 134 valence electrons. The molecule has 1 saturated carbocycles. The molecule has 0 nitrogen and oxygen atoms in total. The van der Waals surface area contributed by atoms with Crippen molar-refractivity contribution in [3.63, 3.8) is 0 Å². The van der Waals surface area contributed by atoms with E-state index in [1.165, 1.54) is 50.5 Å². The molecule has 1 aromatic carbocycles. The van der Waals surface area contributed by atoms with Gasteiger partial charge in [-0.25, -0.2) is 0 Å². The van der Waals surface area contributed by atoms with Crippen LogP contribution in [0.5, 0.6) is 0 Å². The fraction of sp³-hybridized carbons (Fsp3) is 0.520. The number of benzene rings is 1. The molecule has 2 aliphatic rings. The maximum atomic E-state index is 2.42. The number of hydrogen-bond acceptors (Lipinski definition) is 0. The molecule has 1 fully saturated rings. The Morgan fingerprint density at radius 1 is 1.04 bits per heavy atom. The van der Waals surface area contributed by atoms with E-state index in [-0.39, 0.29) is 5.41 Å². The van der Waals surface area contributed by atoms with Crippen molar-refractivity contribution in [3.8, 4) is 0 Å². The van der Waals surface area contributed by atoms with Gasteiger partial charge < -0.3 is 0 Å². The molecule has 0 heterocycles. The van der Waals surface area contributed by atoms with Crippen LogP contribution in [0, 0.1) is 5.92 Å². The van der Waals surface area contributed by atoms with E-state index in [9.17, 15) is 0 Å². The normalized spacial score (nSPS) is 29.4. The van der Waals surface area contributed by atoms with Crippen molar-refractivity contribution in [3.05, 3.63) is 71.8 Å². The third kappa shape index (κ3) is 4.35. The highest BCUT2D eigenvalue weighted by Crippen LogP contribution is 2.40. The molecular weight excluding hydrogens is 300 g/mol. The van der Waals surface area contributed by atoms with Gasteiger partial charge in [-0.15, -0.1) is 0 Å². The van der Waals surface area contributed by atoms with Gasteiger partial charge >= 0.3 is 0 Å². The Kier molecular flexibility index (Phi) is 6.34. The summed E-state index contributed by atoms with van der Waals surface area (Å²) < 4.78 is 0. The van der Waals surface area contributed by atoms with Gasteiger partial charge in [-0.2, -0.15) is 0 Å². The van der Waals surface area contributed by atoms with Crippen LogP contribution >= 0.6 is 0 Å². The minimum absolute atomic E-state index is 0.220. The summed E-state index contributed by atoms with van der Waals surface area (Å²) in [6.07, 6.45) is 24.2. The summed E-state index contributed by atoms with van der Waals surface area (Å²) >= 11 is 0. The van der Waals surface area contributed by atoms with Crippen molar-refractivity contribution in [2.24, 2.45) is 5.92 Å². The highest BCUT2D eigenvalue weighted by atomic mass is 14.3. The third-order valence-electron chi connectivity index (χ3n) is 6.56. The summed E-state index contributed by atoms with van der Waals surface area (Å²) in [5.41, 5.74) is 3.27. The van der Waals surface area contributed by atoms with E-state index in [0.29, 0.717) is 0 Å². The average molecular weight is 335 g/mol. The van der Waals surface area contributed by atoms with Crippen LogP contribution in [0.25, 0.3) is 0 Å². The molecule has 0 N–H and O–H groups in total. The molecule has 1 unspecified atom stereocenters. The molecular formula is C25H34. The zero-order valence-corrected chi connectivity index (χ0v) is 16.1. The lowest BCUT2D eigenvalue weighted by atomic mass is 9.72. The van der Waals surface area contributed by atoms with Gasteiger partial charge in [0.1, 0.15) is 0 Å².